The number of rotatable bonds is 5. The average molecular weight is 366 g/mol. The van der Waals surface area contributed by atoms with Crippen molar-refractivity contribution in [3.8, 4) is 0 Å². The molecule has 0 saturated carbocycles. The summed E-state index contributed by atoms with van der Waals surface area (Å²) in [5, 5.41) is 12.6. The van der Waals surface area contributed by atoms with Crippen LogP contribution in [0.1, 0.15) is 36.1 Å². The van der Waals surface area contributed by atoms with E-state index in [9.17, 15) is 14.7 Å². The van der Waals surface area contributed by atoms with Crippen molar-refractivity contribution in [3.63, 3.8) is 0 Å². The molecular weight excluding hydrogens is 340 g/mol. The highest BCUT2D eigenvalue weighted by molar-refractivity contribution is 5.96. The molecule has 1 saturated heterocycles. The van der Waals surface area contributed by atoms with E-state index in [1.54, 1.807) is 6.92 Å². The largest absolute Gasteiger partial charge is 0.481 e. The van der Waals surface area contributed by atoms with Gasteiger partial charge < -0.3 is 10.4 Å². The summed E-state index contributed by atoms with van der Waals surface area (Å²) < 4.78 is 0. The van der Waals surface area contributed by atoms with E-state index in [1.165, 1.54) is 0 Å². The minimum atomic E-state index is -0.827. The van der Waals surface area contributed by atoms with E-state index in [4.69, 9.17) is 0 Å². The lowest BCUT2D eigenvalue weighted by atomic mass is 9.90. The van der Waals surface area contributed by atoms with Crippen molar-refractivity contribution in [1.82, 2.24) is 4.90 Å². The molecule has 1 fully saturated rings. The van der Waals surface area contributed by atoms with Crippen molar-refractivity contribution in [2.45, 2.75) is 33.2 Å². The summed E-state index contributed by atoms with van der Waals surface area (Å²) in [6.45, 7) is 6.62. The number of aryl methyl sites for hydroxylation is 2. The van der Waals surface area contributed by atoms with Gasteiger partial charge in [-0.1, -0.05) is 42.5 Å². The van der Waals surface area contributed by atoms with E-state index >= 15 is 0 Å². The lowest BCUT2D eigenvalue weighted by molar-refractivity contribution is -0.147. The number of anilines is 1. The molecule has 1 aliphatic heterocycles. The third kappa shape index (κ3) is 4.03. The van der Waals surface area contributed by atoms with Gasteiger partial charge in [0.15, 0.2) is 0 Å². The highest BCUT2D eigenvalue weighted by atomic mass is 16.4. The molecule has 2 aromatic carbocycles. The van der Waals surface area contributed by atoms with E-state index in [1.807, 2.05) is 67.3 Å². The molecule has 0 aromatic heterocycles. The van der Waals surface area contributed by atoms with Crippen LogP contribution in [-0.2, 0) is 9.59 Å². The van der Waals surface area contributed by atoms with Gasteiger partial charge in [-0.3, -0.25) is 14.5 Å². The van der Waals surface area contributed by atoms with Crippen LogP contribution in [-0.4, -0.2) is 35.0 Å². The van der Waals surface area contributed by atoms with Crippen LogP contribution in [0, 0.1) is 19.3 Å². The van der Waals surface area contributed by atoms with Gasteiger partial charge in [0.2, 0.25) is 5.91 Å². The maximum Gasteiger partial charge on any atom is 0.310 e. The first-order chi connectivity index (χ1) is 12.8. The fourth-order valence-electron chi connectivity index (χ4n) is 3.63. The molecule has 2 N–H and O–H groups in total. The van der Waals surface area contributed by atoms with Crippen LogP contribution in [0.4, 0.5) is 5.69 Å². The summed E-state index contributed by atoms with van der Waals surface area (Å²) >= 11 is 0. The number of benzene rings is 2. The van der Waals surface area contributed by atoms with E-state index in [0.717, 1.165) is 22.4 Å². The monoisotopic (exact) mass is 366 g/mol. The first-order valence-electron chi connectivity index (χ1n) is 9.21. The SMILES string of the molecule is Cc1ccc(C)c(NC(=O)C(c2ccccc2)N2CCC(C)(C(=O)O)C2)c1. The van der Waals surface area contributed by atoms with Gasteiger partial charge in [0, 0.05) is 18.8 Å². The van der Waals surface area contributed by atoms with Gasteiger partial charge in [0.05, 0.1) is 5.41 Å². The maximum absolute atomic E-state index is 13.2. The number of nitrogens with one attached hydrogen (secondary N) is 1. The van der Waals surface area contributed by atoms with Crippen molar-refractivity contribution >= 4 is 17.6 Å². The number of carbonyl (C=O) groups is 2. The Bertz CT molecular complexity index is 850. The molecule has 2 aromatic rings. The Hall–Kier alpha value is -2.66. The predicted octanol–water partition coefficient (Wildman–Crippen LogP) is 3.78. The van der Waals surface area contributed by atoms with Gasteiger partial charge in [0.1, 0.15) is 6.04 Å². The van der Waals surface area contributed by atoms with Crippen LogP contribution in [0.15, 0.2) is 48.5 Å². The number of carboxylic acid groups (broad SMARTS) is 1. The fourth-order valence-corrected chi connectivity index (χ4v) is 3.63. The molecule has 2 unspecified atom stereocenters. The summed E-state index contributed by atoms with van der Waals surface area (Å²) in [6.07, 6.45) is 0.530. The summed E-state index contributed by atoms with van der Waals surface area (Å²) in [5.74, 6) is -0.948. The van der Waals surface area contributed by atoms with E-state index in [0.29, 0.717) is 19.5 Å². The molecule has 0 bridgehead atoms. The Morgan fingerprint density at radius 1 is 1.15 bits per heavy atom. The van der Waals surface area contributed by atoms with Crippen LogP contribution in [0.3, 0.4) is 0 Å². The molecule has 0 spiro atoms. The topological polar surface area (TPSA) is 69.6 Å². The van der Waals surface area contributed by atoms with Gasteiger partial charge in [-0.25, -0.2) is 0 Å². The molecule has 1 heterocycles. The van der Waals surface area contributed by atoms with E-state index in [2.05, 4.69) is 5.32 Å². The summed E-state index contributed by atoms with van der Waals surface area (Å²) in [4.78, 5) is 26.9. The zero-order chi connectivity index (χ0) is 19.6. The van der Waals surface area contributed by atoms with Gasteiger partial charge in [0.25, 0.3) is 0 Å². The number of nitrogens with zero attached hydrogens (tertiary/aromatic N) is 1. The minimum absolute atomic E-state index is 0.135. The van der Waals surface area contributed by atoms with Crippen molar-refractivity contribution in [1.29, 1.82) is 0 Å². The summed E-state index contributed by atoms with van der Waals surface area (Å²) in [7, 11) is 0. The van der Waals surface area contributed by atoms with Gasteiger partial charge in [-0.05, 0) is 49.9 Å². The Kier molecular flexibility index (Phi) is 5.33. The Balaban J connectivity index is 1.90. The van der Waals surface area contributed by atoms with E-state index in [-0.39, 0.29) is 5.91 Å². The highest BCUT2D eigenvalue weighted by Crippen LogP contribution is 2.36. The average Bonchev–Trinajstić information content (AvgIpc) is 3.02. The van der Waals surface area contributed by atoms with Crippen LogP contribution >= 0.6 is 0 Å². The summed E-state index contributed by atoms with van der Waals surface area (Å²) in [6, 6.07) is 15.0. The maximum atomic E-state index is 13.2. The molecule has 5 heteroatoms. The first kappa shape index (κ1) is 19.1. The molecule has 5 nitrogen and oxygen atoms in total. The molecule has 27 heavy (non-hydrogen) atoms. The number of hydrogen-bond acceptors (Lipinski definition) is 3. The lowest BCUT2D eigenvalue weighted by Crippen LogP contribution is -2.38. The van der Waals surface area contributed by atoms with Crippen molar-refractivity contribution in [2.75, 3.05) is 18.4 Å². The smallest absolute Gasteiger partial charge is 0.310 e. The van der Waals surface area contributed by atoms with Crippen LogP contribution in [0.2, 0.25) is 0 Å². The Morgan fingerprint density at radius 2 is 1.85 bits per heavy atom. The predicted molar refractivity (Wildman–Crippen MR) is 106 cm³/mol. The molecule has 142 valence electrons. The molecule has 0 aliphatic carbocycles. The van der Waals surface area contributed by atoms with Crippen LogP contribution < -0.4 is 5.32 Å². The molecular formula is C22H26N2O3. The zero-order valence-electron chi connectivity index (χ0n) is 16.0. The zero-order valence-corrected chi connectivity index (χ0v) is 16.0. The Labute approximate surface area is 160 Å². The van der Waals surface area contributed by atoms with Gasteiger partial charge in [-0.2, -0.15) is 0 Å². The van der Waals surface area contributed by atoms with Crippen molar-refractivity contribution < 1.29 is 14.7 Å². The second-order valence-electron chi connectivity index (χ2n) is 7.71. The fraction of sp³-hybridized carbons (Fsp3) is 0.364. The third-order valence-electron chi connectivity index (χ3n) is 5.40. The van der Waals surface area contributed by atoms with Crippen molar-refractivity contribution in [3.05, 3.63) is 65.2 Å². The second kappa shape index (κ2) is 7.53. The quantitative estimate of drug-likeness (QED) is 0.845. The molecule has 2 atom stereocenters. The number of hydrogen-bond donors (Lipinski definition) is 2. The first-order valence-corrected chi connectivity index (χ1v) is 9.21. The van der Waals surface area contributed by atoms with Crippen LogP contribution in [0.5, 0.6) is 0 Å². The van der Waals surface area contributed by atoms with Crippen LogP contribution in [0.25, 0.3) is 0 Å². The Morgan fingerprint density at radius 3 is 2.48 bits per heavy atom. The molecule has 1 aliphatic rings. The number of carboxylic acids is 1. The van der Waals surface area contributed by atoms with Gasteiger partial charge >= 0.3 is 5.97 Å². The lowest BCUT2D eigenvalue weighted by Gasteiger charge is -2.29. The standard InChI is InChI=1S/C22H26N2O3/c1-15-9-10-16(2)18(13-15)23-20(25)19(17-7-5-4-6-8-17)24-12-11-22(3,14-24)21(26)27/h4-10,13,19H,11-12,14H2,1-3H3,(H,23,25)(H,26,27). The third-order valence-corrected chi connectivity index (χ3v) is 5.40. The summed E-state index contributed by atoms with van der Waals surface area (Å²) in [5.41, 5.74) is 2.91. The number of carbonyl (C=O) groups excluding carboxylic acids is 1. The number of likely N-dealkylation sites (tertiary alicyclic amines) is 1. The normalized spacial score (nSPS) is 21.0. The van der Waals surface area contributed by atoms with Gasteiger partial charge in [-0.15, -0.1) is 0 Å². The molecule has 3 rings (SSSR count). The molecule has 1 amide bonds. The second-order valence-corrected chi connectivity index (χ2v) is 7.71. The van der Waals surface area contributed by atoms with E-state index < -0.39 is 17.4 Å². The minimum Gasteiger partial charge on any atom is -0.481 e. The van der Waals surface area contributed by atoms with Crippen molar-refractivity contribution in [2.24, 2.45) is 5.41 Å². The number of aliphatic carboxylic acids is 1. The highest BCUT2D eigenvalue weighted by Gasteiger charge is 2.44. The molecule has 0 radical (unpaired) electrons. The number of amides is 1.